The summed E-state index contributed by atoms with van der Waals surface area (Å²) in [6.45, 7) is 13.3. The number of nitrogens with two attached hydrogens (primary N) is 1. The number of carbonyl (C=O) groups is 3. The molecule has 1 aliphatic heterocycles. The number of hydrogen-bond donors (Lipinski definition) is 3. The number of methoxy groups -OCH3 is 1. The third kappa shape index (κ3) is 7.79. The van der Waals surface area contributed by atoms with Crippen LogP contribution in [0.3, 0.4) is 0 Å². The topological polar surface area (TPSA) is 139 Å². The number of piperazine rings is 1. The van der Waals surface area contributed by atoms with E-state index in [1.54, 1.807) is 18.1 Å². The molecule has 4 amide bonds. The number of rotatable bonds is 8. The molecular formula is C32H42N6O5S. The van der Waals surface area contributed by atoms with Crippen LogP contribution in [0.15, 0.2) is 47.8 Å². The Kier molecular flexibility index (Phi) is 9.72. The van der Waals surface area contributed by atoms with Gasteiger partial charge in [-0.05, 0) is 63.1 Å². The molecule has 0 spiro atoms. The summed E-state index contributed by atoms with van der Waals surface area (Å²) in [6.07, 6.45) is -0.352. The Hall–Kier alpha value is -4.32. The van der Waals surface area contributed by atoms with Gasteiger partial charge in [-0.3, -0.25) is 10.1 Å². The van der Waals surface area contributed by atoms with E-state index in [0.717, 1.165) is 22.6 Å². The highest BCUT2D eigenvalue weighted by Crippen LogP contribution is 2.34. The zero-order valence-corrected chi connectivity index (χ0v) is 27.2. The minimum atomic E-state index is -0.578. The van der Waals surface area contributed by atoms with Crippen molar-refractivity contribution < 1.29 is 23.9 Å². The van der Waals surface area contributed by atoms with Gasteiger partial charge in [0.2, 0.25) is 0 Å². The fraction of sp³-hybridized carbons (Fsp3) is 0.438. The highest BCUT2D eigenvalue weighted by Gasteiger charge is 2.32. The second kappa shape index (κ2) is 13.1. The molecule has 1 fully saturated rings. The average Bonchev–Trinajstić information content (AvgIpc) is 3.44. The van der Waals surface area contributed by atoms with E-state index in [2.05, 4.69) is 29.5 Å². The monoisotopic (exact) mass is 622 g/mol. The summed E-state index contributed by atoms with van der Waals surface area (Å²) in [5.74, 6) is 0.218. The van der Waals surface area contributed by atoms with E-state index in [-0.39, 0.29) is 24.1 Å². The Bertz CT molecular complexity index is 1500. The zero-order valence-electron chi connectivity index (χ0n) is 26.4. The van der Waals surface area contributed by atoms with Crippen molar-refractivity contribution in [2.75, 3.05) is 37.0 Å². The Balaban J connectivity index is 1.36. The van der Waals surface area contributed by atoms with Gasteiger partial charge in [-0.15, -0.1) is 11.3 Å². The minimum Gasteiger partial charge on any atom is -0.497 e. The molecule has 0 saturated carbocycles. The van der Waals surface area contributed by atoms with Crippen LogP contribution in [-0.4, -0.2) is 66.3 Å². The van der Waals surface area contributed by atoms with Gasteiger partial charge in [0.25, 0.3) is 5.91 Å². The number of anilines is 2. The van der Waals surface area contributed by atoms with Gasteiger partial charge in [-0.25, -0.2) is 14.6 Å². The predicted octanol–water partition coefficient (Wildman–Crippen LogP) is 5.34. The summed E-state index contributed by atoms with van der Waals surface area (Å²) < 4.78 is 10.8. The first-order valence-electron chi connectivity index (χ1n) is 14.5. The zero-order chi connectivity index (χ0) is 32.2. The molecule has 11 nitrogen and oxygen atoms in total. The number of benzene rings is 2. The van der Waals surface area contributed by atoms with Crippen LogP contribution in [0, 0.1) is 0 Å². The molecule has 2 heterocycles. The van der Waals surface area contributed by atoms with E-state index in [9.17, 15) is 14.4 Å². The van der Waals surface area contributed by atoms with Crippen LogP contribution in [0.4, 0.5) is 20.4 Å². The standard InChI is InChI=1S/C32H42N6O5S/c1-20-18-37(14-15-38(20)30(41)43-31(2,3)4)25-13-8-21(16-24(25)27(33)39)17-34-28(40)36-29-35-26(19-44-29)32(5,6)22-9-11-23(42-7)12-10-22/h8-13,16,19-20H,14-15,17-18H2,1-7H3,(H2,33,39)(H2,34,35,36,40). The van der Waals surface area contributed by atoms with E-state index in [1.807, 2.05) is 74.4 Å². The van der Waals surface area contributed by atoms with Gasteiger partial charge in [0.15, 0.2) is 5.13 Å². The van der Waals surface area contributed by atoms with Crippen molar-refractivity contribution in [3.05, 3.63) is 70.2 Å². The number of aromatic nitrogens is 1. The van der Waals surface area contributed by atoms with Gasteiger partial charge in [0.05, 0.1) is 18.4 Å². The van der Waals surface area contributed by atoms with Crippen molar-refractivity contribution >= 4 is 40.2 Å². The molecule has 0 bridgehead atoms. The van der Waals surface area contributed by atoms with E-state index in [4.69, 9.17) is 15.2 Å². The molecule has 4 N–H and O–H groups in total. The van der Waals surface area contributed by atoms with Crippen molar-refractivity contribution in [3.63, 3.8) is 0 Å². The third-order valence-electron chi connectivity index (χ3n) is 7.55. The van der Waals surface area contributed by atoms with Gasteiger partial charge in [0, 0.05) is 48.7 Å². The molecule has 236 valence electrons. The van der Waals surface area contributed by atoms with E-state index >= 15 is 0 Å². The first-order chi connectivity index (χ1) is 20.7. The van der Waals surface area contributed by atoms with Crippen LogP contribution >= 0.6 is 11.3 Å². The maximum absolute atomic E-state index is 12.7. The quantitative estimate of drug-likeness (QED) is 0.308. The Morgan fingerprint density at radius 3 is 2.39 bits per heavy atom. The van der Waals surface area contributed by atoms with Gasteiger partial charge in [-0.1, -0.05) is 32.0 Å². The minimum absolute atomic E-state index is 0.127. The number of hydrogen-bond acceptors (Lipinski definition) is 8. The van der Waals surface area contributed by atoms with Crippen molar-refractivity contribution in [1.29, 1.82) is 0 Å². The van der Waals surface area contributed by atoms with Gasteiger partial charge >= 0.3 is 12.1 Å². The van der Waals surface area contributed by atoms with Crippen LogP contribution in [-0.2, 0) is 16.7 Å². The van der Waals surface area contributed by atoms with E-state index < -0.39 is 17.5 Å². The number of thiazole rings is 1. The average molecular weight is 623 g/mol. The van der Waals surface area contributed by atoms with Crippen molar-refractivity contribution in [2.24, 2.45) is 5.73 Å². The molecule has 4 rings (SSSR count). The van der Waals surface area contributed by atoms with Crippen LogP contribution in [0.25, 0.3) is 0 Å². The highest BCUT2D eigenvalue weighted by atomic mass is 32.1. The maximum Gasteiger partial charge on any atom is 0.410 e. The number of nitrogens with zero attached hydrogens (tertiary/aromatic N) is 3. The number of carbonyl (C=O) groups excluding carboxylic acids is 3. The summed E-state index contributed by atoms with van der Waals surface area (Å²) in [5, 5.41) is 8.04. The predicted molar refractivity (Wildman–Crippen MR) is 173 cm³/mol. The number of urea groups is 1. The largest absolute Gasteiger partial charge is 0.497 e. The molecule has 1 aromatic heterocycles. The Morgan fingerprint density at radius 2 is 1.77 bits per heavy atom. The Labute approximate surface area is 262 Å². The first-order valence-corrected chi connectivity index (χ1v) is 15.4. The summed E-state index contributed by atoms with van der Waals surface area (Å²) in [4.78, 5) is 46.2. The molecule has 1 saturated heterocycles. The molecule has 0 radical (unpaired) electrons. The first kappa shape index (κ1) is 32.6. The van der Waals surface area contributed by atoms with Crippen LogP contribution < -0.4 is 26.0 Å². The summed E-state index contributed by atoms with van der Waals surface area (Å²) >= 11 is 1.35. The molecule has 44 heavy (non-hydrogen) atoms. The summed E-state index contributed by atoms with van der Waals surface area (Å²) in [6, 6.07) is 12.7. The molecule has 0 aliphatic carbocycles. The summed E-state index contributed by atoms with van der Waals surface area (Å²) in [7, 11) is 1.63. The lowest BCUT2D eigenvalue weighted by Gasteiger charge is -2.41. The maximum atomic E-state index is 12.7. The lowest BCUT2D eigenvalue weighted by atomic mass is 9.82. The summed E-state index contributed by atoms with van der Waals surface area (Å²) in [5.41, 5.74) is 8.49. The highest BCUT2D eigenvalue weighted by molar-refractivity contribution is 7.13. The van der Waals surface area contributed by atoms with Gasteiger partial charge in [0.1, 0.15) is 11.4 Å². The molecule has 1 aliphatic rings. The van der Waals surface area contributed by atoms with Crippen LogP contribution in [0.5, 0.6) is 5.75 Å². The second-order valence-corrected chi connectivity index (χ2v) is 13.2. The van der Waals surface area contributed by atoms with Crippen LogP contribution in [0.1, 0.15) is 68.7 Å². The number of primary amides is 1. The molecular weight excluding hydrogens is 580 g/mol. The molecule has 1 unspecified atom stereocenters. The molecule has 2 aromatic carbocycles. The van der Waals surface area contributed by atoms with E-state index in [0.29, 0.717) is 36.0 Å². The number of ether oxygens (including phenoxy) is 2. The molecule has 12 heteroatoms. The fourth-order valence-corrected chi connectivity index (χ4v) is 5.91. The molecule has 3 aromatic rings. The second-order valence-electron chi connectivity index (χ2n) is 12.4. The fourth-order valence-electron chi connectivity index (χ4n) is 5.03. The number of nitrogens with one attached hydrogen (secondary N) is 2. The van der Waals surface area contributed by atoms with Crippen molar-refractivity contribution in [3.8, 4) is 5.75 Å². The Morgan fingerprint density at radius 1 is 1.07 bits per heavy atom. The van der Waals surface area contributed by atoms with Crippen molar-refractivity contribution in [1.82, 2.24) is 15.2 Å². The molecule has 1 atom stereocenters. The van der Waals surface area contributed by atoms with E-state index in [1.165, 1.54) is 11.3 Å². The lowest BCUT2D eigenvalue weighted by molar-refractivity contribution is 0.0158. The van der Waals surface area contributed by atoms with Crippen LogP contribution in [0.2, 0.25) is 0 Å². The smallest absolute Gasteiger partial charge is 0.410 e. The van der Waals surface area contributed by atoms with Crippen molar-refractivity contribution in [2.45, 2.75) is 65.1 Å². The third-order valence-corrected chi connectivity index (χ3v) is 8.31. The van der Waals surface area contributed by atoms with Gasteiger partial charge < -0.3 is 30.3 Å². The normalized spacial score (nSPS) is 15.5. The lowest BCUT2D eigenvalue weighted by Crippen LogP contribution is -2.55. The number of amides is 4. The SMILES string of the molecule is COc1ccc(C(C)(C)c2csc(NC(=O)NCc3ccc(N4CCN(C(=O)OC(C)(C)C)C(C)C4)c(C(N)=O)c3)n2)cc1. The van der Waals surface area contributed by atoms with Gasteiger partial charge in [-0.2, -0.15) is 0 Å².